The average Bonchev–Trinajstić information content (AvgIpc) is 2.14. The van der Waals surface area contributed by atoms with Gasteiger partial charge in [-0.2, -0.15) is 0 Å². The summed E-state index contributed by atoms with van der Waals surface area (Å²) in [6, 6.07) is 0. The minimum atomic E-state index is 0.989. The fraction of sp³-hybridized carbons (Fsp3) is 0.250. The molecule has 0 bridgehead atoms. The number of allylic oxidation sites excluding steroid dienone is 6. The molecule has 0 amide bonds. The highest BCUT2D eigenvalue weighted by molar-refractivity contribution is 5.42. The van der Waals surface area contributed by atoms with Gasteiger partial charge < -0.3 is 0 Å². The van der Waals surface area contributed by atoms with Crippen LogP contribution in [0, 0.1) is 18.3 Å². The Kier molecular flexibility index (Phi) is 3.88. The van der Waals surface area contributed by atoms with Crippen LogP contribution < -0.4 is 0 Å². The Balaban J connectivity index is 2.43. The molecule has 0 aromatic carbocycles. The first-order valence-electron chi connectivity index (χ1n) is 4.30. The normalized spacial score (nSPS) is 16.9. The van der Waals surface area contributed by atoms with Gasteiger partial charge in [0, 0.05) is 37.1 Å². The molecule has 0 radical (unpaired) electrons. The second-order valence-corrected chi connectivity index (χ2v) is 2.63. The molecule has 0 heterocycles. The molecule has 0 heteroatoms. The van der Waals surface area contributed by atoms with Crippen LogP contribution in [0.5, 0.6) is 0 Å². The summed E-state index contributed by atoms with van der Waals surface area (Å²) >= 11 is 0. The smallest absolute Gasteiger partial charge is 0.0874 e. The third-order valence-corrected chi connectivity index (χ3v) is 1.52. The number of rotatable bonds is 1. The van der Waals surface area contributed by atoms with E-state index >= 15 is 0 Å². The SMILES string of the molecule is CCCC#C/C=C1/C=CC=C[CH+]1. The molecule has 0 nitrogen and oxygen atoms in total. The van der Waals surface area contributed by atoms with Crippen LogP contribution in [0.15, 0.2) is 36.0 Å². The van der Waals surface area contributed by atoms with Crippen LogP contribution in [0.2, 0.25) is 0 Å². The standard InChI is InChI=1S/C12H13/c1-2-3-4-6-9-12-10-7-5-8-11-12/h5,7-11H,2-3H2,1H3/q+1. The molecule has 1 rings (SSSR count). The van der Waals surface area contributed by atoms with Gasteiger partial charge in [0.05, 0.1) is 6.08 Å². The van der Waals surface area contributed by atoms with E-state index in [1.54, 1.807) is 0 Å². The Bertz CT molecular complexity index is 266. The van der Waals surface area contributed by atoms with Crippen LogP contribution >= 0.6 is 0 Å². The van der Waals surface area contributed by atoms with E-state index in [2.05, 4.69) is 31.3 Å². The van der Waals surface area contributed by atoms with Gasteiger partial charge in [0.25, 0.3) is 0 Å². The summed E-state index contributed by atoms with van der Waals surface area (Å²) in [7, 11) is 0. The molecule has 0 saturated carbocycles. The van der Waals surface area contributed by atoms with E-state index in [1.807, 2.05) is 24.3 Å². The first-order valence-corrected chi connectivity index (χ1v) is 4.30. The van der Waals surface area contributed by atoms with Crippen LogP contribution in [0.25, 0.3) is 0 Å². The van der Waals surface area contributed by atoms with Crippen molar-refractivity contribution >= 4 is 0 Å². The molecule has 0 unspecified atom stereocenters. The maximum atomic E-state index is 3.08. The van der Waals surface area contributed by atoms with Crippen LogP contribution in [0.3, 0.4) is 0 Å². The Morgan fingerprint density at radius 1 is 1.50 bits per heavy atom. The van der Waals surface area contributed by atoms with E-state index in [9.17, 15) is 0 Å². The first kappa shape index (κ1) is 8.74. The molecular weight excluding hydrogens is 144 g/mol. The van der Waals surface area contributed by atoms with E-state index in [-0.39, 0.29) is 0 Å². The Labute approximate surface area is 74.7 Å². The van der Waals surface area contributed by atoms with E-state index < -0.39 is 0 Å². The number of unbranched alkanes of at least 4 members (excludes halogenated alkanes) is 1. The molecule has 1 aliphatic carbocycles. The van der Waals surface area contributed by atoms with Crippen molar-refractivity contribution < 1.29 is 0 Å². The summed E-state index contributed by atoms with van der Waals surface area (Å²) in [6.07, 6.45) is 14.2. The molecule has 0 aliphatic heterocycles. The van der Waals surface area contributed by atoms with E-state index in [0.29, 0.717) is 0 Å². The molecule has 0 aromatic heterocycles. The zero-order valence-corrected chi connectivity index (χ0v) is 7.38. The summed E-state index contributed by atoms with van der Waals surface area (Å²) in [5, 5.41) is 0. The van der Waals surface area contributed by atoms with Crippen molar-refractivity contribution in [2.24, 2.45) is 0 Å². The van der Waals surface area contributed by atoms with Crippen molar-refractivity contribution in [3.05, 3.63) is 42.4 Å². The molecule has 0 saturated heterocycles. The molecule has 60 valence electrons. The molecule has 0 atom stereocenters. The minimum absolute atomic E-state index is 0.989. The predicted molar refractivity (Wildman–Crippen MR) is 53.3 cm³/mol. The quantitative estimate of drug-likeness (QED) is 0.405. The summed E-state index contributed by atoms with van der Waals surface area (Å²) in [5.41, 5.74) is 1.18. The van der Waals surface area contributed by atoms with Gasteiger partial charge in [-0.3, -0.25) is 0 Å². The second-order valence-electron chi connectivity index (χ2n) is 2.63. The van der Waals surface area contributed by atoms with Crippen molar-refractivity contribution in [1.82, 2.24) is 0 Å². The fourth-order valence-corrected chi connectivity index (χ4v) is 0.881. The van der Waals surface area contributed by atoms with Crippen molar-refractivity contribution in [3.63, 3.8) is 0 Å². The molecule has 0 fully saturated rings. The molecule has 0 N–H and O–H groups in total. The lowest BCUT2D eigenvalue weighted by Gasteiger charge is -1.88. The van der Waals surface area contributed by atoms with Crippen LogP contribution in [0.1, 0.15) is 19.8 Å². The summed E-state index contributed by atoms with van der Waals surface area (Å²) in [4.78, 5) is 0. The lowest BCUT2D eigenvalue weighted by atomic mass is 10.1. The topological polar surface area (TPSA) is 0 Å². The van der Waals surface area contributed by atoms with E-state index in [1.165, 1.54) is 5.57 Å². The summed E-state index contributed by atoms with van der Waals surface area (Å²) in [5.74, 6) is 6.11. The Morgan fingerprint density at radius 3 is 3.08 bits per heavy atom. The van der Waals surface area contributed by atoms with Gasteiger partial charge in [-0.15, -0.1) is 0 Å². The minimum Gasteiger partial charge on any atom is -0.0874 e. The van der Waals surface area contributed by atoms with Gasteiger partial charge in [-0.05, 0) is 12.3 Å². The van der Waals surface area contributed by atoms with Crippen molar-refractivity contribution in [1.29, 1.82) is 0 Å². The summed E-state index contributed by atoms with van der Waals surface area (Å²) < 4.78 is 0. The maximum Gasteiger partial charge on any atom is 0.105 e. The molecule has 0 aromatic rings. The second kappa shape index (κ2) is 5.32. The van der Waals surface area contributed by atoms with Gasteiger partial charge in [0.1, 0.15) is 5.57 Å². The molecule has 12 heavy (non-hydrogen) atoms. The third kappa shape index (κ3) is 3.16. The highest BCUT2D eigenvalue weighted by Gasteiger charge is 1.98. The van der Waals surface area contributed by atoms with Crippen LogP contribution in [-0.2, 0) is 0 Å². The highest BCUT2D eigenvalue weighted by atomic mass is 13.9. The van der Waals surface area contributed by atoms with Gasteiger partial charge in [-0.1, -0.05) is 12.8 Å². The van der Waals surface area contributed by atoms with Crippen molar-refractivity contribution in [3.8, 4) is 11.8 Å². The monoisotopic (exact) mass is 157 g/mol. The zero-order chi connectivity index (χ0) is 8.65. The van der Waals surface area contributed by atoms with E-state index in [4.69, 9.17) is 0 Å². The number of hydrogen-bond donors (Lipinski definition) is 0. The highest BCUT2D eigenvalue weighted by Crippen LogP contribution is 2.07. The van der Waals surface area contributed by atoms with Crippen molar-refractivity contribution in [2.75, 3.05) is 0 Å². The largest absolute Gasteiger partial charge is 0.105 e. The lowest BCUT2D eigenvalue weighted by molar-refractivity contribution is 0.983. The van der Waals surface area contributed by atoms with Gasteiger partial charge >= 0.3 is 0 Å². The van der Waals surface area contributed by atoms with E-state index in [0.717, 1.165) is 12.8 Å². The van der Waals surface area contributed by atoms with Gasteiger partial charge in [0.15, 0.2) is 0 Å². The first-order chi connectivity index (χ1) is 5.93. The van der Waals surface area contributed by atoms with Crippen LogP contribution in [0.4, 0.5) is 0 Å². The lowest BCUT2D eigenvalue weighted by Crippen LogP contribution is -1.79. The molecule has 0 spiro atoms. The average molecular weight is 157 g/mol. The van der Waals surface area contributed by atoms with Crippen molar-refractivity contribution in [2.45, 2.75) is 19.8 Å². The zero-order valence-electron chi connectivity index (χ0n) is 7.38. The third-order valence-electron chi connectivity index (χ3n) is 1.52. The van der Waals surface area contributed by atoms with Gasteiger partial charge in [0.2, 0.25) is 0 Å². The molecular formula is C12H13+. The van der Waals surface area contributed by atoms with Crippen LogP contribution in [-0.4, -0.2) is 0 Å². The predicted octanol–water partition coefficient (Wildman–Crippen LogP) is 3.05. The Hall–Kier alpha value is -1.35. The Morgan fingerprint density at radius 2 is 2.42 bits per heavy atom. The van der Waals surface area contributed by atoms with Gasteiger partial charge in [-0.25, -0.2) is 0 Å². The maximum absolute atomic E-state index is 3.08. The number of hydrogen-bond acceptors (Lipinski definition) is 0. The molecule has 1 aliphatic rings. The summed E-state index contributed by atoms with van der Waals surface area (Å²) in [6.45, 7) is 2.14. The fourth-order valence-electron chi connectivity index (χ4n) is 0.881.